The Hall–Kier alpha value is -2.43. The van der Waals surface area contributed by atoms with Crippen LogP contribution in [0.4, 0.5) is 4.79 Å². The second kappa shape index (κ2) is 7.23. The average molecular weight is 270 g/mol. The SMILES string of the molecule is Cc1cnc(CNC(=O)NCCc2ccccc2)cn1. The van der Waals surface area contributed by atoms with Crippen LogP contribution in [0.1, 0.15) is 17.0 Å². The van der Waals surface area contributed by atoms with Crippen molar-refractivity contribution in [2.75, 3.05) is 6.54 Å². The third-order valence-electron chi connectivity index (χ3n) is 2.81. The van der Waals surface area contributed by atoms with Gasteiger partial charge in [-0.05, 0) is 18.9 Å². The molecular formula is C15H18N4O. The van der Waals surface area contributed by atoms with Crippen LogP contribution < -0.4 is 10.6 Å². The smallest absolute Gasteiger partial charge is 0.315 e. The standard InChI is InChI=1S/C15H18N4O/c1-12-9-18-14(10-17-12)11-19-15(20)16-8-7-13-5-3-2-4-6-13/h2-6,9-10H,7-8,11H2,1H3,(H2,16,19,20). The van der Waals surface area contributed by atoms with Crippen molar-refractivity contribution >= 4 is 6.03 Å². The van der Waals surface area contributed by atoms with Crippen LogP contribution in [0.5, 0.6) is 0 Å². The summed E-state index contributed by atoms with van der Waals surface area (Å²) in [6.07, 6.45) is 4.17. The van der Waals surface area contributed by atoms with E-state index < -0.39 is 0 Å². The van der Waals surface area contributed by atoms with Gasteiger partial charge in [0.05, 0.1) is 24.1 Å². The third-order valence-corrected chi connectivity index (χ3v) is 2.81. The lowest BCUT2D eigenvalue weighted by molar-refractivity contribution is 0.240. The van der Waals surface area contributed by atoms with E-state index in [4.69, 9.17) is 0 Å². The number of carbonyl (C=O) groups is 1. The minimum atomic E-state index is -0.191. The van der Waals surface area contributed by atoms with Crippen molar-refractivity contribution in [2.45, 2.75) is 19.9 Å². The van der Waals surface area contributed by atoms with Crippen molar-refractivity contribution in [3.63, 3.8) is 0 Å². The van der Waals surface area contributed by atoms with Crippen molar-refractivity contribution in [3.8, 4) is 0 Å². The maximum atomic E-state index is 11.6. The molecule has 1 heterocycles. The number of benzene rings is 1. The minimum absolute atomic E-state index is 0.191. The van der Waals surface area contributed by atoms with Gasteiger partial charge in [-0.3, -0.25) is 9.97 Å². The predicted molar refractivity (Wildman–Crippen MR) is 77.2 cm³/mol. The molecule has 0 saturated heterocycles. The minimum Gasteiger partial charge on any atom is -0.338 e. The molecule has 104 valence electrons. The fourth-order valence-corrected chi connectivity index (χ4v) is 1.71. The Kier molecular flexibility index (Phi) is 5.06. The van der Waals surface area contributed by atoms with E-state index in [1.807, 2.05) is 37.3 Å². The van der Waals surface area contributed by atoms with Gasteiger partial charge in [-0.2, -0.15) is 0 Å². The number of hydrogen-bond donors (Lipinski definition) is 2. The number of aryl methyl sites for hydroxylation is 1. The first kappa shape index (κ1) is 14.0. The molecule has 0 atom stereocenters. The van der Waals surface area contributed by atoms with Crippen LogP contribution in [0, 0.1) is 6.92 Å². The molecule has 2 aromatic rings. The Morgan fingerprint density at radius 1 is 1.10 bits per heavy atom. The van der Waals surface area contributed by atoms with Gasteiger partial charge in [0.15, 0.2) is 0 Å². The maximum absolute atomic E-state index is 11.6. The van der Waals surface area contributed by atoms with Gasteiger partial charge in [0.1, 0.15) is 0 Å². The van der Waals surface area contributed by atoms with Crippen LogP contribution >= 0.6 is 0 Å². The Balaban J connectivity index is 1.67. The second-order valence-corrected chi connectivity index (χ2v) is 4.49. The summed E-state index contributed by atoms with van der Waals surface area (Å²) in [5.74, 6) is 0. The van der Waals surface area contributed by atoms with Crippen LogP contribution in [0.2, 0.25) is 0 Å². The molecule has 0 aliphatic carbocycles. The molecule has 0 aliphatic rings. The summed E-state index contributed by atoms with van der Waals surface area (Å²) in [7, 11) is 0. The first-order valence-electron chi connectivity index (χ1n) is 6.57. The molecule has 2 amide bonds. The maximum Gasteiger partial charge on any atom is 0.315 e. The van der Waals surface area contributed by atoms with Gasteiger partial charge in [0.2, 0.25) is 0 Å². The van der Waals surface area contributed by atoms with Crippen molar-refractivity contribution in [1.82, 2.24) is 20.6 Å². The third kappa shape index (κ3) is 4.68. The molecule has 0 bridgehead atoms. The monoisotopic (exact) mass is 270 g/mol. The van der Waals surface area contributed by atoms with Crippen LogP contribution in [0.25, 0.3) is 0 Å². The summed E-state index contributed by atoms with van der Waals surface area (Å²) in [6.45, 7) is 2.86. The topological polar surface area (TPSA) is 66.9 Å². The van der Waals surface area contributed by atoms with E-state index in [9.17, 15) is 4.79 Å². The van der Waals surface area contributed by atoms with E-state index in [0.717, 1.165) is 17.8 Å². The van der Waals surface area contributed by atoms with E-state index in [2.05, 4.69) is 20.6 Å². The van der Waals surface area contributed by atoms with Gasteiger partial charge in [0, 0.05) is 12.7 Å². The molecule has 2 N–H and O–H groups in total. The average Bonchev–Trinajstić information content (AvgIpc) is 2.48. The van der Waals surface area contributed by atoms with Gasteiger partial charge in [-0.1, -0.05) is 30.3 Å². The summed E-state index contributed by atoms with van der Waals surface area (Å²) < 4.78 is 0. The van der Waals surface area contributed by atoms with Gasteiger partial charge in [-0.15, -0.1) is 0 Å². The normalized spacial score (nSPS) is 10.1. The summed E-state index contributed by atoms with van der Waals surface area (Å²) in [4.78, 5) is 19.9. The number of rotatable bonds is 5. The zero-order valence-electron chi connectivity index (χ0n) is 11.5. The largest absolute Gasteiger partial charge is 0.338 e. The first-order chi connectivity index (χ1) is 9.74. The molecule has 20 heavy (non-hydrogen) atoms. The Morgan fingerprint density at radius 2 is 1.90 bits per heavy atom. The molecule has 1 aromatic carbocycles. The summed E-state index contributed by atoms with van der Waals surface area (Å²) in [6, 6.07) is 9.86. The van der Waals surface area contributed by atoms with Crippen molar-refractivity contribution in [3.05, 3.63) is 59.7 Å². The van der Waals surface area contributed by atoms with Crippen molar-refractivity contribution in [1.29, 1.82) is 0 Å². The first-order valence-corrected chi connectivity index (χ1v) is 6.57. The van der Waals surface area contributed by atoms with Gasteiger partial charge in [0.25, 0.3) is 0 Å². The molecular weight excluding hydrogens is 252 g/mol. The van der Waals surface area contributed by atoms with Crippen LogP contribution in [-0.2, 0) is 13.0 Å². The Bertz CT molecular complexity index is 540. The lowest BCUT2D eigenvalue weighted by atomic mass is 10.1. The van der Waals surface area contributed by atoms with Gasteiger partial charge in [-0.25, -0.2) is 4.79 Å². The number of nitrogens with zero attached hydrogens (tertiary/aromatic N) is 2. The Labute approximate surface area is 118 Å². The molecule has 2 rings (SSSR count). The number of hydrogen-bond acceptors (Lipinski definition) is 3. The predicted octanol–water partition coefficient (Wildman–Crippen LogP) is 1.83. The lowest BCUT2D eigenvalue weighted by Gasteiger charge is -2.07. The highest BCUT2D eigenvalue weighted by atomic mass is 16.2. The van der Waals surface area contributed by atoms with E-state index in [1.54, 1.807) is 12.4 Å². The quantitative estimate of drug-likeness (QED) is 0.871. The number of nitrogens with one attached hydrogen (secondary N) is 2. The van der Waals surface area contributed by atoms with E-state index >= 15 is 0 Å². The molecule has 5 heteroatoms. The molecule has 0 spiro atoms. The van der Waals surface area contributed by atoms with Crippen LogP contribution in [-0.4, -0.2) is 22.5 Å². The highest BCUT2D eigenvalue weighted by molar-refractivity contribution is 5.73. The van der Waals surface area contributed by atoms with Gasteiger partial charge < -0.3 is 10.6 Å². The molecule has 5 nitrogen and oxygen atoms in total. The van der Waals surface area contributed by atoms with E-state index in [1.165, 1.54) is 5.56 Å². The molecule has 1 aromatic heterocycles. The zero-order valence-corrected chi connectivity index (χ0v) is 11.5. The van der Waals surface area contributed by atoms with Crippen molar-refractivity contribution in [2.24, 2.45) is 0 Å². The molecule has 0 saturated carbocycles. The fourth-order valence-electron chi connectivity index (χ4n) is 1.71. The highest BCUT2D eigenvalue weighted by Gasteiger charge is 2.01. The van der Waals surface area contributed by atoms with Crippen LogP contribution in [0.3, 0.4) is 0 Å². The van der Waals surface area contributed by atoms with Gasteiger partial charge >= 0.3 is 6.03 Å². The van der Waals surface area contributed by atoms with Crippen molar-refractivity contribution < 1.29 is 4.79 Å². The zero-order chi connectivity index (χ0) is 14.2. The molecule has 0 radical (unpaired) electrons. The molecule has 0 fully saturated rings. The fraction of sp³-hybridized carbons (Fsp3) is 0.267. The number of amides is 2. The summed E-state index contributed by atoms with van der Waals surface area (Å²) >= 11 is 0. The second-order valence-electron chi connectivity index (χ2n) is 4.49. The lowest BCUT2D eigenvalue weighted by Crippen LogP contribution is -2.36. The highest BCUT2D eigenvalue weighted by Crippen LogP contribution is 1.98. The number of carbonyl (C=O) groups excluding carboxylic acids is 1. The van der Waals surface area contributed by atoms with E-state index in [0.29, 0.717) is 13.1 Å². The summed E-state index contributed by atoms with van der Waals surface area (Å²) in [5.41, 5.74) is 2.81. The number of urea groups is 1. The molecule has 0 unspecified atom stereocenters. The summed E-state index contributed by atoms with van der Waals surface area (Å²) in [5, 5.41) is 5.57. The number of aromatic nitrogens is 2. The Morgan fingerprint density at radius 3 is 2.60 bits per heavy atom. The molecule has 0 aliphatic heterocycles. The van der Waals surface area contributed by atoms with E-state index in [-0.39, 0.29) is 6.03 Å². The van der Waals surface area contributed by atoms with Crippen LogP contribution in [0.15, 0.2) is 42.7 Å².